The normalized spacial score (nSPS) is 12.9. The summed E-state index contributed by atoms with van der Waals surface area (Å²) in [4.78, 5) is 9.52. The third kappa shape index (κ3) is 2.93. The molecule has 0 bridgehead atoms. The molecule has 7 heteroatoms. The molecule has 0 fully saturated rings. The van der Waals surface area contributed by atoms with Gasteiger partial charge < -0.3 is 5.32 Å². The fourth-order valence-corrected chi connectivity index (χ4v) is 3.96. The maximum atomic E-state index is 6.40. The van der Waals surface area contributed by atoms with Gasteiger partial charge in [0.2, 0.25) is 0 Å². The number of rotatable bonds is 3. The van der Waals surface area contributed by atoms with Gasteiger partial charge in [-0.3, -0.25) is 5.10 Å². The Labute approximate surface area is 171 Å². The van der Waals surface area contributed by atoms with Gasteiger partial charge in [0.05, 0.1) is 26.8 Å². The van der Waals surface area contributed by atoms with Crippen LogP contribution in [0.4, 0.5) is 11.6 Å². The summed E-state index contributed by atoms with van der Waals surface area (Å²) in [6.45, 7) is 0. The van der Waals surface area contributed by atoms with Gasteiger partial charge in [-0.2, -0.15) is 5.10 Å². The van der Waals surface area contributed by atoms with E-state index in [2.05, 4.69) is 21.6 Å². The van der Waals surface area contributed by atoms with Crippen molar-refractivity contribution in [3.63, 3.8) is 0 Å². The van der Waals surface area contributed by atoms with Crippen LogP contribution in [-0.4, -0.2) is 20.2 Å². The number of aryl methyl sites for hydroxylation is 1. The van der Waals surface area contributed by atoms with Crippen molar-refractivity contribution in [3.05, 3.63) is 69.8 Å². The second-order valence-corrected chi connectivity index (χ2v) is 7.35. The lowest BCUT2D eigenvalue weighted by atomic mass is 10.0. The molecule has 0 unspecified atom stereocenters. The maximum absolute atomic E-state index is 6.40. The van der Waals surface area contributed by atoms with Crippen molar-refractivity contribution in [2.75, 3.05) is 5.32 Å². The van der Waals surface area contributed by atoms with Gasteiger partial charge in [-0.05, 0) is 37.1 Å². The monoisotopic (exact) mass is 407 g/mol. The Bertz CT molecular complexity index is 1210. The first-order valence-corrected chi connectivity index (χ1v) is 9.68. The number of benzene rings is 2. The molecule has 2 N–H and O–H groups in total. The molecule has 0 amide bonds. The standard InChI is InChI=1S/C21H15Cl2N5/c22-14-8-5-9-15(23)18(14)21-24-16-10-3-1-6-12(16)19(26-21)25-20-13-7-2-4-11-17(13)27-28-20/h1-2,4-9,11H,3,10H2,(H2,24,25,26,27,28). The van der Waals surface area contributed by atoms with Crippen molar-refractivity contribution >= 4 is 51.8 Å². The van der Waals surface area contributed by atoms with Crippen LogP contribution in [0, 0.1) is 0 Å². The molecule has 1 aliphatic rings. The third-order valence-electron chi connectivity index (χ3n) is 4.75. The molecule has 5 rings (SSSR count). The maximum Gasteiger partial charge on any atom is 0.164 e. The average molecular weight is 408 g/mol. The molecule has 0 saturated heterocycles. The highest BCUT2D eigenvalue weighted by molar-refractivity contribution is 6.39. The van der Waals surface area contributed by atoms with Crippen LogP contribution in [-0.2, 0) is 6.42 Å². The number of aromatic nitrogens is 4. The van der Waals surface area contributed by atoms with Crippen molar-refractivity contribution in [2.24, 2.45) is 0 Å². The van der Waals surface area contributed by atoms with E-state index in [0.717, 1.165) is 35.0 Å². The van der Waals surface area contributed by atoms with Gasteiger partial charge in [0.25, 0.3) is 0 Å². The van der Waals surface area contributed by atoms with E-state index in [1.54, 1.807) is 12.1 Å². The highest BCUT2D eigenvalue weighted by atomic mass is 35.5. The molecule has 28 heavy (non-hydrogen) atoms. The Morgan fingerprint density at radius 2 is 1.75 bits per heavy atom. The van der Waals surface area contributed by atoms with Gasteiger partial charge in [0.1, 0.15) is 5.82 Å². The number of allylic oxidation sites excluding steroid dienone is 1. The Morgan fingerprint density at radius 1 is 0.929 bits per heavy atom. The zero-order valence-corrected chi connectivity index (χ0v) is 16.2. The molecule has 138 valence electrons. The van der Waals surface area contributed by atoms with E-state index in [1.165, 1.54) is 0 Å². The summed E-state index contributed by atoms with van der Waals surface area (Å²) >= 11 is 12.8. The molecule has 5 nitrogen and oxygen atoms in total. The molecule has 0 saturated carbocycles. The van der Waals surface area contributed by atoms with E-state index in [1.807, 2.05) is 36.4 Å². The first kappa shape index (κ1) is 17.2. The minimum absolute atomic E-state index is 0.506. The SMILES string of the molecule is Clc1cccc(Cl)c1-c1nc2c(c(Nc3n[nH]c4ccccc34)n1)C=CCC2. The molecule has 0 spiro atoms. The molecule has 0 atom stereocenters. The van der Waals surface area contributed by atoms with E-state index < -0.39 is 0 Å². The lowest BCUT2D eigenvalue weighted by molar-refractivity contribution is 0.914. The molecule has 1 aliphatic carbocycles. The molecule has 0 aliphatic heterocycles. The second kappa shape index (κ2) is 6.93. The molecule has 4 aromatic rings. The van der Waals surface area contributed by atoms with Crippen LogP contribution >= 0.6 is 23.2 Å². The first-order chi connectivity index (χ1) is 13.7. The van der Waals surface area contributed by atoms with Crippen molar-refractivity contribution < 1.29 is 0 Å². The van der Waals surface area contributed by atoms with E-state index >= 15 is 0 Å². The molecule has 0 radical (unpaired) electrons. The number of para-hydroxylation sites is 1. The zero-order chi connectivity index (χ0) is 19.1. The third-order valence-corrected chi connectivity index (χ3v) is 5.38. The first-order valence-electron chi connectivity index (χ1n) is 8.92. The molecular formula is C21H15Cl2N5. The van der Waals surface area contributed by atoms with Gasteiger partial charge in [-0.25, -0.2) is 9.97 Å². The van der Waals surface area contributed by atoms with Gasteiger partial charge in [-0.1, -0.05) is 53.6 Å². The van der Waals surface area contributed by atoms with E-state index in [-0.39, 0.29) is 0 Å². The summed E-state index contributed by atoms with van der Waals surface area (Å²) in [7, 11) is 0. The number of hydrogen-bond acceptors (Lipinski definition) is 4. The Hall–Kier alpha value is -2.89. The van der Waals surface area contributed by atoms with Crippen molar-refractivity contribution in [1.29, 1.82) is 0 Å². The quantitative estimate of drug-likeness (QED) is 0.434. The number of nitrogens with one attached hydrogen (secondary N) is 2. The predicted octanol–water partition coefficient (Wildman–Crippen LogP) is 6.03. The van der Waals surface area contributed by atoms with Crippen LogP contribution in [0.25, 0.3) is 28.4 Å². The van der Waals surface area contributed by atoms with Gasteiger partial charge in [0.15, 0.2) is 11.6 Å². The Balaban J connectivity index is 1.68. The molecular weight excluding hydrogens is 393 g/mol. The number of anilines is 2. The van der Waals surface area contributed by atoms with Crippen molar-refractivity contribution in [3.8, 4) is 11.4 Å². The zero-order valence-electron chi connectivity index (χ0n) is 14.7. The van der Waals surface area contributed by atoms with Gasteiger partial charge in [-0.15, -0.1) is 0 Å². The summed E-state index contributed by atoms with van der Waals surface area (Å²) < 4.78 is 0. The average Bonchev–Trinajstić information content (AvgIpc) is 3.11. The molecule has 2 heterocycles. The van der Waals surface area contributed by atoms with E-state index in [0.29, 0.717) is 33.1 Å². The van der Waals surface area contributed by atoms with Gasteiger partial charge >= 0.3 is 0 Å². The lowest BCUT2D eigenvalue weighted by Gasteiger charge is -2.17. The lowest BCUT2D eigenvalue weighted by Crippen LogP contribution is -2.08. The largest absolute Gasteiger partial charge is 0.322 e. The van der Waals surface area contributed by atoms with Crippen LogP contribution < -0.4 is 5.32 Å². The second-order valence-electron chi connectivity index (χ2n) is 6.54. The topological polar surface area (TPSA) is 66.5 Å². The summed E-state index contributed by atoms with van der Waals surface area (Å²) in [5, 5.41) is 12.9. The smallest absolute Gasteiger partial charge is 0.164 e. The number of hydrogen-bond donors (Lipinski definition) is 2. The van der Waals surface area contributed by atoms with Crippen LogP contribution in [0.5, 0.6) is 0 Å². The summed E-state index contributed by atoms with van der Waals surface area (Å²) in [5.41, 5.74) is 3.52. The van der Waals surface area contributed by atoms with Crippen molar-refractivity contribution in [1.82, 2.24) is 20.2 Å². The number of halogens is 2. The Morgan fingerprint density at radius 3 is 2.61 bits per heavy atom. The minimum Gasteiger partial charge on any atom is -0.322 e. The highest BCUT2D eigenvalue weighted by Gasteiger charge is 2.20. The highest BCUT2D eigenvalue weighted by Crippen LogP contribution is 2.36. The molecule has 2 aromatic heterocycles. The number of fused-ring (bicyclic) bond motifs is 2. The van der Waals surface area contributed by atoms with Crippen LogP contribution in [0.2, 0.25) is 10.0 Å². The van der Waals surface area contributed by atoms with Crippen LogP contribution in [0.1, 0.15) is 17.7 Å². The number of aromatic amines is 1. The number of nitrogens with zero attached hydrogens (tertiary/aromatic N) is 3. The van der Waals surface area contributed by atoms with E-state index in [4.69, 9.17) is 33.2 Å². The molecule has 2 aromatic carbocycles. The van der Waals surface area contributed by atoms with E-state index in [9.17, 15) is 0 Å². The number of H-pyrrole nitrogens is 1. The predicted molar refractivity (Wildman–Crippen MR) is 114 cm³/mol. The summed E-state index contributed by atoms with van der Waals surface area (Å²) in [5.74, 6) is 1.91. The Kier molecular flexibility index (Phi) is 4.26. The summed E-state index contributed by atoms with van der Waals surface area (Å²) in [6, 6.07) is 13.3. The fraction of sp³-hybridized carbons (Fsp3) is 0.0952. The minimum atomic E-state index is 0.506. The van der Waals surface area contributed by atoms with Crippen molar-refractivity contribution in [2.45, 2.75) is 12.8 Å². The van der Waals surface area contributed by atoms with Crippen LogP contribution in [0.3, 0.4) is 0 Å². The van der Waals surface area contributed by atoms with Crippen LogP contribution in [0.15, 0.2) is 48.5 Å². The fourth-order valence-electron chi connectivity index (χ4n) is 3.39. The summed E-state index contributed by atoms with van der Waals surface area (Å²) in [6.07, 6.45) is 5.94. The van der Waals surface area contributed by atoms with Gasteiger partial charge in [0, 0.05) is 10.9 Å².